The monoisotopic (exact) mass is 582 g/mol. The van der Waals surface area contributed by atoms with E-state index in [1.165, 1.54) is 0 Å². The van der Waals surface area contributed by atoms with Gasteiger partial charge in [0.25, 0.3) is 0 Å². The number of hydrogen-bond donors (Lipinski definition) is 4. The Balaban J connectivity index is 1.69. The molecule has 1 fully saturated rings. The number of aromatic nitrogens is 3. The maximum atomic E-state index is 12.8. The van der Waals surface area contributed by atoms with Crippen molar-refractivity contribution in [2.45, 2.75) is 95.8 Å². The van der Waals surface area contributed by atoms with Crippen LogP contribution in [0, 0.1) is 17.8 Å². The number of allylic oxidation sites excluding steroid dienone is 1. The topological polar surface area (TPSA) is 142 Å². The van der Waals surface area contributed by atoms with Crippen molar-refractivity contribution in [3.63, 3.8) is 0 Å². The van der Waals surface area contributed by atoms with Gasteiger partial charge in [-0.05, 0) is 81.1 Å². The molecule has 3 aliphatic rings. The van der Waals surface area contributed by atoms with Crippen molar-refractivity contribution >= 4 is 5.71 Å². The Bertz CT molecular complexity index is 1260. The molecule has 5 rings (SSSR count). The fourth-order valence-electron chi connectivity index (χ4n) is 7.42. The van der Waals surface area contributed by atoms with E-state index in [1.54, 1.807) is 24.4 Å². The minimum atomic E-state index is -1.65. The Morgan fingerprint density at radius 3 is 2.62 bits per heavy atom. The lowest BCUT2D eigenvalue weighted by atomic mass is 9.55. The molecule has 1 aliphatic heterocycles. The van der Waals surface area contributed by atoms with Gasteiger partial charge in [-0.25, -0.2) is 4.68 Å². The number of aryl methyl sites for hydroxylation is 1. The molecule has 230 valence electrons. The summed E-state index contributed by atoms with van der Waals surface area (Å²) >= 11 is 0. The van der Waals surface area contributed by atoms with Crippen LogP contribution in [0.5, 0.6) is 11.5 Å². The lowest BCUT2D eigenvalue weighted by Crippen LogP contribution is -2.62. The van der Waals surface area contributed by atoms with Crippen LogP contribution in [0.2, 0.25) is 0 Å². The molecule has 10 nitrogen and oxygen atoms in total. The summed E-state index contributed by atoms with van der Waals surface area (Å²) in [5.41, 5.74) is 3.50. The third-order valence-corrected chi connectivity index (χ3v) is 9.29. The average Bonchev–Trinajstić information content (AvgIpc) is 3.45. The van der Waals surface area contributed by atoms with Gasteiger partial charge in [-0.15, -0.1) is 5.10 Å². The Morgan fingerprint density at radius 2 is 1.88 bits per heavy atom. The summed E-state index contributed by atoms with van der Waals surface area (Å²) < 4.78 is 8.44. The number of fused-ring (bicyclic) bond motifs is 2. The van der Waals surface area contributed by atoms with Crippen molar-refractivity contribution in [2.24, 2.45) is 22.9 Å². The summed E-state index contributed by atoms with van der Waals surface area (Å²) in [7, 11) is 0. The molecular formula is C32H46N4O6. The summed E-state index contributed by atoms with van der Waals surface area (Å²) in [5, 5.41) is 55.9. The maximum absolute atomic E-state index is 12.8. The first kappa shape index (κ1) is 30.5. The number of aliphatic hydroxyl groups is 3. The predicted octanol–water partition coefficient (Wildman–Crippen LogP) is 4.64. The SMILES string of the molecule is CCCCc1cnnn1[C@H]1CC(=NOCC)C2=C[C@H](CCCCO)[C@@H](CCCCO)[C@@H]3c4cc(O)ccc4O[C@@]1(O)[C@H]23. The molecule has 42 heavy (non-hydrogen) atoms. The molecule has 1 aromatic carbocycles. The van der Waals surface area contributed by atoms with Crippen LogP contribution in [0.4, 0.5) is 0 Å². The van der Waals surface area contributed by atoms with E-state index in [2.05, 4.69) is 28.5 Å². The normalized spacial score (nSPS) is 29.0. The fourth-order valence-corrected chi connectivity index (χ4v) is 7.42. The first-order valence-electron chi connectivity index (χ1n) is 15.7. The molecular weight excluding hydrogens is 536 g/mol. The quantitative estimate of drug-likeness (QED) is 0.186. The van der Waals surface area contributed by atoms with Gasteiger partial charge in [-0.1, -0.05) is 42.6 Å². The van der Waals surface area contributed by atoms with E-state index < -0.39 is 17.7 Å². The number of oxime groups is 1. The number of ether oxygens (including phenoxy) is 1. The van der Waals surface area contributed by atoms with Gasteiger partial charge in [0.1, 0.15) is 24.1 Å². The van der Waals surface area contributed by atoms with E-state index in [4.69, 9.17) is 9.57 Å². The van der Waals surface area contributed by atoms with Gasteiger partial charge in [-0.3, -0.25) is 0 Å². The number of benzene rings is 1. The maximum Gasteiger partial charge on any atom is 0.238 e. The third kappa shape index (κ3) is 5.81. The second kappa shape index (κ2) is 13.6. The number of hydrogen-bond acceptors (Lipinski definition) is 9. The fraction of sp³-hybridized carbons (Fsp3) is 0.656. The molecule has 6 atom stereocenters. The van der Waals surface area contributed by atoms with E-state index in [1.807, 2.05) is 11.6 Å². The van der Waals surface area contributed by atoms with Gasteiger partial charge in [0.05, 0.1) is 23.5 Å². The van der Waals surface area contributed by atoms with Gasteiger partial charge in [-0.2, -0.15) is 0 Å². The largest absolute Gasteiger partial charge is 0.508 e. The number of phenols is 1. The molecule has 4 N–H and O–H groups in total. The van der Waals surface area contributed by atoms with E-state index >= 15 is 0 Å². The van der Waals surface area contributed by atoms with Gasteiger partial charge in [0.15, 0.2) is 0 Å². The molecule has 0 bridgehead atoms. The number of aliphatic hydroxyl groups excluding tert-OH is 2. The molecule has 0 spiro atoms. The van der Waals surface area contributed by atoms with E-state index in [-0.39, 0.29) is 36.7 Å². The molecule has 0 amide bonds. The van der Waals surface area contributed by atoms with Crippen LogP contribution in [0.25, 0.3) is 0 Å². The average molecular weight is 583 g/mol. The highest BCUT2D eigenvalue weighted by atomic mass is 16.6. The Hall–Kier alpha value is -2.95. The molecule has 0 radical (unpaired) electrons. The van der Waals surface area contributed by atoms with Crippen molar-refractivity contribution in [2.75, 3.05) is 19.8 Å². The third-order valence-electron chi connectivity index (χ3n) is 9.29. The Kier molecular flexibility index (Phi) is 9.85. The molecule has 1 saturated carbocycles. The number of nitrogens with zero attached hydrogens (tertiary/aromatic N) is 4. The van der Waals surface area contributed by atoms with Crippen LogP contribution in [0.1, 0.15) is 94.9 Å². The van der Waals surface area contributed by atoms with Crippen LogP contribution < -0.4 is 4.74 Å². The van der Waals surface area contributed by atoms with Crippen molar-refractivity contribution in [3.8, 4) is 11.5 Å². The lowest BCUT2D eigenvalue weighted by Gasteiger charge is -2.56. The zero-order chi connectivity index (χ0) is 29.7. The summed E-state index contributed by atoms with van der Waals surface area (Å²) in [6, 6.07) is 4.53. The number of rotatable bonds is 14. The van der Waals surface area contributed by atoms with E-state index in [9.17, 15) is 20.4 Å². The number of unbranched alkanes of at least 4 members (excludes halogenated alkanes) is 3. The van der Waals surface area contributed by atoms with E-state index in [0.717, 1.165) is 73.9 Å². The Labute approximate surface area is 248 Å². The molecule has 0 saturated heterocycles. The second-order valence-electron chi connectivity index (χ2n) is 11.9. The zero-order valence-electron chi connectivity index (χ0n) is 24.9. The van der Waals surface area contributed by atoms with E-state index in [0.29, 0.717) is 25.2 Å². The van der Waals surface area contributed by atoms with Crippen LogP contribution in [0.3, 0.4) is 0 Å². The zero-order valence-corrected chi connectivity index (χ0v) is 24.9. The summed E-state index contributed by atoms with van der Waals surface area (Å²) in [5.74, 6) is -1.34. The number of aromatic hydroxyl groups is 1. The molecule has 10 heteroatoms. The van der Waals surface area contributed by atoms with Crippen molar-refractivity contribution in [1.29, 1.82) is 0 Å². The van der Waals surface area contributed by atoms with Crippen LogP contribution in [-0.2, 0) is 11.3 Å². The summed E-state index contributed by atoms with van der Waals surface area (Å²) in [6.07, 6.45) is 12.0. The summed E-state index contributed by atoms with van der Waals surface area (Å²) in [4.78, 5) is 5.65. The Morgan fingerprint density at radius 1 is 1.10 bits per heavy atom. The van der Waals surface area contributed by atoms with Crippen LogP contribution >= 0.6 is 0 Å². The van der Waals surface area contributed by atoms with Crippen molar-refractivity contribution in [1.82, 2.24) is 15.0 Å². The van der Waals surface area contributed by atoms with Crippen LogP contribution in [0.15, 0.2) is 41.2 Å². The lowest BCUT2D eigenvalue weighted by molar-refractivity contribution is -0.225. The summed E-state index contributed by atoms with van der Waals surface area (Å²) in [6.45, 7) is 4.73. The van der Waals surface area contributed by atoms with Crippen molar-refractivity contribution < 1.29 is 30.0 Å². The molecule has 2 aromatic rings. The minimum absolute atomic E-state index is 0.113. The van der Waals surface area contributed by atoms with Gasteiger partial charge in [0, 0.05) is 31.1 Å². The molecule has 1 aromatic heterocycles. The standard InChI is InChI=1S/C32H46N4O6/c1-3-5-11-22-20-33-35-36(22)29-19-27(34-41-4-2)25-17-21(10-6-8-15-37)24(12-7-9-16-38)30-26-18-23(39)13-14-28(26)42-32(29,40)31(25)30/h13-14,17-18,20-21,24,29-31,37-40H,3-12,15-16,19H2,1-2H3/t21-,24+,29-,30+,31+,32+/m0/s1. The predicted molar refractivity (Wildman–Crippen MR) is 158 cm³/mol. The molecule has 2 heterocycles. The second-order valence-corrected chi connectivity index (χ2v) is 11.9. The number of phenolic OH excluding ortho intramolecular Hbond substituents is 1. The minimum Gasteiger partial charge on any atom is -0.508 e. The van der Waals surface area contributed by atoms with Crippen molar-refractivity contribution in [3.05, 3.63) is 47.3 Å². The molecule has 2 aliphatic carbocycles. The van der Waals surface area contributed by atoms with Gasteiger partial charge in [0.2, 0.25) is 5.79 Å². The highest BCUT2D eigenvalue weighted by molar-refractivity contribution is 6.02. The smallest absolute Gasteiger partial charge is 0.238 e. The van der Waals surface area contributed by atoms with Gasteiger partial charge < -0.3 is 30.0 Å². The highest BCUT2D eigenvalue weighted by Crippen LogP contribution is 2.62. The van der Waals surface area contributed by atoms with Crippen LogP contribution in [-0.4, -0.2) is 66.7 Å². The first-order chi connectivity index (χ1) is 20.5. The highest BCUT2D eigenvalue weighted by Gasteiger charge is 2.63. The van der Waals surface area contributed by atoms with Gasteiger partial charge >= 0.3 is 0 Å². The first-order valence-corrected chi connectivity index (χ1v) is 15.7. The molecule has 0 unspecified atom stereocenters.